The van der Waals surface area contributed by atoms with Crippen LogP contribution in [0.2, 0.25) is 0 Å². The summed E-state index contributed by atoms with van der Waals surface area (Å²) in [6.07, 6.45) is 1.56. The summed E-state index contributed by atoms with van der Waals surface area (Å²) in [5.74, 6) is -1.03. The Morgan fingerprint density at radius 1 is 1.27 bits per heavy atom. The molecule has 12 heteroatoms. The molecule has 0 radical (unpaired) electrons. The van der Waals surface area contributed by atoms with Crippen LogP contribution < -0.4 is 14.8 Å². The fourth-order valence-corrected chi connectivity index (χ4v) is 4.08. The summed E-state index contributed by atoms with van der Waals surface area (Å²) in [4.78, 5) is 48.6. The van der Waals surface area contributed by atoms with Crippen LogP contribution in [0.15, 0.2) is 35.2 Å². The maximum absolute atomic E-state index is 13.9. The maximum Gasteiger partial charge on any atom is 0.293 e. The fraction of sp³-hybridized carbons (Fsp3) is 0.190. The van der Waals surface area contributed by atoms with E-state index in [4.69, 9.17) is 9.47 Å². The van der Waals surface area contributed by atoms with Gasteiger partial charge in [-0.15, -0.1) is 0 Å². The molecule has 4 rings (SSSR count). The summed E-state index contributed by atoms with van der Waals surface area (Å²) in [5, 5.41) is 13.0. The Balaban J connectivity index is 1.39. The molecule has 0 bridgehead atoms. The highest BCUT2D eigenvalue weighted by molar-refractivity contribution is 8.18. The first kappa shape index (κ1) is 22.3. The molecule has 0 atom stereocenters. The molecular weight excluding hydrogens is 457 g/mol. The van der Waals surface area contributed by atoms with E-state index in [9.17, 15) is 28.9 Å². The quantitative estimate of drug-likeness (QED) is 0.385. The van der Waals surface area contributed by atoms with Crippen LogP contribution in [-0.4, -0.2) is 46.8 Å². The first-order valence-electron chi connectivity index (χ1n) is 9.62. The Bertz CT molecular complexity index is 1230. The third-order valence-electron chi connectivity index (χ3n) is 4.96. The molecule has 0 aromatic heterocycles. The third kappa shape index (κ3) is 4.51. The second-order valence-corrected chi connectivity index (χ2v) is 8.05. The van der Waals surface area contributed by atoms with E-state index in [1.165, 1.54) is 6.92 Å². The van der Waals surface area contributed by atoms with Gasteiger partial charge in [0, 0.05) is 24.7 Å². The van der Waals surface area contributed by atoms with Crippen molar-refractivity contribution in [3.8, 4) is 11.5 Å². The topological polar surface area (TPSA) is 128 Å². The van der Waals surface area contributed by atoms with E-state index in [-0.39, 0.29) is 35.9 Å². The van der Waals surface area contributed by atoms with Crippen molar-refractivity contribution < 1.29 is 33.2 Å². The number of nitro groups is 1. The van der Waals surface area contributed by atoms with Crippen LogP contribution >= 0.6 is 11.8 Å². The van der Waals surface area contributed by atoms with Crippen LogP contribution in [0.3, 0.4) is 0 Å². The van der Waals surface area contributed by atoms with Crippen LogP contribution in [0, 0.1) is 22.9 Å². The average molecular weight is 473 g/mol. The van der Waals surface area contributed by atoms with Crippen molar-refractivity contribution in [1.29, 1.82) is 0 Å². The standard InChI is InChI=1S/C21H16FN3O7S/c1-11-14(22)8-13(9-15(11)25(29)30)19(26)23-4-5-24-20(27)18(33-21(24)28)7-12-2-3-16-17(6-12)32-10-31-16/h2-3,6-9H,4-5,10H2,1H3,(H,23,26)/b18-7+. The molecule has 2 aromatic carbocycles. The third-order valence-corrected chi connectivity index (χ3v) is 5.87. The smallest absolute Gasteiger partial charge is 0.293 e. The van der Waals surface area contributed by atoms with Crippen LogP contribution in [0.1, 0.15) is 21.5 Å². The Labute approximate surface area is 190 Å². The van der Waals surface area contributed by atoms with Gasteiger partial charge in [0.15, 0.2) is 11.5 Å². The highest BCUT2D eigenvalue weighted by Crippen LogP contribution is 2.36. The van der Waals surface area contributed by atoms with Gasteiger partial charge in [0.25, 0.3) is 22.7 Å². The van der Waals surface area contributed by atoms with Gasteiger partial charge in [0.2, 0.25) is 6.79 Å². The van der Waals surface area contributed by atoms with Crippen molar-refractivity contribution in [2.75, 3.05) is 19.9 Å². The number of hydrogen-bond donors (Lipinski definition) is 1. The zero-order valence-electron chi connectivity index (χ0n) is 17.1. The molecular formula is C21H16FN3O7S. The minimum atomic E-state index is -0.881. The molecule has 10 nitrogen and oxygen atoms in total. The predicted molar refractivity (Wildman–Crippen MR) is 115 cm³/mol. The largest absolute Gasteiger partial charge is 0.454 e. The Morgan fingerprint density at radius 3 is 2.79 bits per heavy atom. The van der Waals surface area contributed by atoms with E-state index in [1.54, 1.807) is 24.3 Å². The minimum absolute atomic E-state index is 0.114. The molecule has 0 spiro atoms. The number of thioether (sulfide) groups is 1. The zero-order valence-corrected chi connectivity index (χ0v) is 17.9. The van der Waals surface area contributed by atoms with Crippen molar-refractivity contribution in [2.45, 2.75) is 6.92 Å². The molecule has 2 heterocycles. The molecule has 1 saturated heterocycles. The van der Waals surface area contributed by atoms with Gasteiger partial charge in [0.05, 0.1) is 15.4 Å². The summed E-state index contributed by atoms with van der Waals surface area (Å²) in [5.41, 5.74) is -0.272. The molecule has 170 valence electrons. The Kier molecular flexibility index (Phi) is 6.01. The second-order valence-electron chi connectivity index (χ2n) is 7.06. The molecule has 0 unspecified atom stereocenters. The lowest BCUT2D eigenvalue weighted by molar-refractivity contribution is -0.385. The number of benzene rings is 2. The van der Waals surface area contributed by atoms with Crippen molar-refractivity contribution in [3.63, 3.8) is 0 Å². The highest BCUT2D eigenvalue weighted by Gasteiger charge is 2.34. The highest BCUT2D eigenvalue weighted by atomic mass is 32.2. The minimum Gasteiger partial charge on any atom is -0.454 e. The summed E-state index contributed by atoms with van der Waals surface area (Å²) in [6, 6.07) is 6.98. The number of nitrogens with zero attached hydrogens (tertiary/aromatic N) is 2. The van der Waals surface area contributed by atoms with Crippen molar-refractivity contribution in [3.05, 3.63) is 67.9 Å². The van der Waals surface area contributed by atoms with E-state index in [2.05, 4.69) is 5.32 Å². The summed E-state index contributed by atoms with van der Waals surface area (Å²) < 4.78 is 24.5. The molecule has 2 aliphatic rings. The van der Waals surface area contributed by atoms with Crippen LogP contribution in [-0.2, 0) is 4.79 Å². The van der Waals surface area contributed by atoms with E-state index >= 15 is 0 Å². The number of amides is 3. The fourth-order valence-electron chi connectivity index (χ4n) is 3.22. The molecule has 33 heavy (non-hydrogen) atoms. The first-order valence-corrected chi connectivity index (χ1v) is 10.4. The van der Waals surface area contributed by atoms with Gasteiger partial charge >= 0.3 is 0 Å². The van der Waals surface area contributed by atoms with Gasteiger partial charge in [0.1, 0.15) is 5.82 Å². The number of hydrogen-bond acceptors (Lipinski definition) is 8. The van der Waals surface area contributed by atoms with Gasteiger partial charge in [-0.3, -0.25) is 29.4 Å². The average Bonchev–Trinajstić information content (AvgIpc) is 3.34. The Morgan fingerprint density at radius 2 is 2.03 bits per heavy atom. The summed E-state index contributed by atoms with van der Waals surface area (Å²) in [7, 11) is 0. The molecule has 2 aromatic rings. The molecule has 1 N–H and O–H groups in total. The number of carbonyl (C=O) groups is 3. The van der Waals surface area contributed by atoms with Crippen molar-refractivity contribution in [1.82, 2.24) is 10.2 Å². The van der Waals surface area contributed by atoms with Crippen molar-refractivity contribution in [2.24, 2.45) is 0 Å². The van der Waals surface area contributed by atoms with E-state index in [0.717, 1.165) is 28.8 Å². The molecule has 3 amide bonds. The molecule has 0 aliphatic carbocycles. The number of ether oxygens (including phenoxy) is 2. The number of nitrogens with one attached hydrogen (secondary N) is 1. The van der Waals surface area contributed by atoms with Gasteiger partial charge in [-0.25, -0.2) is 4.39 Å². The summed E-state index contributed by atoms with van der Waals surface area (Å²) in [6.45, 7) is 1.12. The number of carbonyl (C=O) groups excluding carboxylic acids is 3. The molecule has 0 saturated carbocycles. The predicted octanol–water partition coefficient (Wildman–Crippen LogP) is 3.24. The maximum atomic E-state index is 13.9. The normalized spacial score (nSPS) is 15.9. The van der Waals surface area contributed by atoms with Crippen LogP contribution in [0.4, 0.5) is 14.9 Å². The zero-order chi connectivity index (χ0) is 23.7. The van der Waals surface area contributed by atoms with E-state index in [0.29, 0.717) is 17.1 Å². The van der Waals surface area contributed by atoms with Crippen LogP contribution in [0.5, 0.6) is 11.5 Å². The van der Waals surface area contributed by atoms with Crippen molar-refractivity contribution >= 4 is 40.6 Å². The molecule has 1 fully saturated rings. The second kappa shape index (κ2) is 8.90. The van der Waals surface area contributed by atoms with Gasteiger partial charge < -0.3 is 14.8 Å². The first-order chi connectivity index (χ1) is 15.7. The summed E-state index contributed by atoms with van der Waals surface area (Å²) >= 11 is 0.763. The van der Waals surface area contributed by atoms with E-state index < -0.39 is 33.5 Å². The van der Waals surface area contributed by atoms with Crippen LogP contribution in [0.25, 0.3) is 6.08 Å². The number of halogens is 1. The SMILES string of the molecule is Cc1c(F)cc(C(=O)NCCN2C(=O)S/C(=C/c3ccc4c(c3)OCO4)C2=O)cc1[N+](=O)[O-]. The van der Waals surface area contributed by atoms with Gasteiger partial charge in [-0.05, 0) is 48.5 Å². The lowest BCUT2D eigenvalue weighted by atomic mass is 10.1. The van der Waals surface area contributed by atoms with E-state index in [1.807, 2.05) is 0 Å². The number of nitro benzene ring substituents is 1. The number of fused-ring (bicyclic) bond motifs is 1. The Hall–Kier alpha value is -3.93. The lowest BCUT2D eigenvalue weighted by Crippen LogP contribution is -2.37. The monoisotopic (exact) mass is 473 g/mol. The van der Waals surface area contributed by atoms with Gasteiger partial charge in [-0.2, -0.15) is 0 Å². The number of imide groups is 1. The number of rotatable bonds is 6. The van der Waals surface area contributed by atoms with Gasteiger partial charge in [-0.1, -0.05) is 6.07 Å². The lowest BCUT2D eigenvalue weighted by Gasteiger charge is -2.13. The molecule has 2 aliphatic heterocycles.